The fourth-order valence-electron chi connectivity index (χ4n) is 2.03. The highest BCUT2D eigenvalue weighted by Gasteiger charge is 2.26. The predicted molar refractivity (Wildman–Crippen MR) is 80.0 cm³/mol. The largest absolute Gasteiger partial charge is 0.323 e. The van der Waals surface area contributed by atoms with Gasteiger partial charge in [-0.3, -0.25) is 4.79 Å². The number of halogens is 1. The first-order valence-corrected chi connectivity index (χ1v) is 7.43. The van der Waals surface area contributed by atoms with E-state index < -0.39 is 11.7 Å². The van der Waals surface area contributed by atoms with E-state index in [1.807, 2.05) is 17.5 Å². The fourth-order valence-corrected chi connectivity index (χ4v) is 2.78. The van der Waals surface area contributed by atoms with Crippen LogP contribution in [0.1, 0.15) is 16.6 Å². The standard InChI is InChI=1S/C14H12FN5OS/c15-11-5-1-2-6-12(11)16-14(21)10(13-17-19-20-18-13)8-9-4-3-7-22-9/h1-7,10H,8H2,(H,16,21)(H,17,18,19,20). The summed E-state index contributed by atoms with van der Waals surface area (Å²) in [6.07, 6.45) is 0.428. The van der Waals surface area contributed by atoms with Crippen molar-refractivity contribution in [2.45, 2.75) is 12.3 Å². The molecule has 0 bridgehead atoms. The molecule has 0 spiro atoms. The summed E-state index contributed by atoms with van der Waals surface area (Å²) in [5.74, 6) is -1.22. The molecule has 0 radical (unpaired) electrons. The molecule has 0 aliphatic rings. The number of nitrogens with zero attached hydrogens (tertiary/aromatic N) is 3. The van der Waals surface area contributed by atoms with E-state index in [-0.39, 0.29) is 17.4 Å². The van der Waals surface area contributed by atoms with Crippen LogP contribution in [-0.2, 0) is 11.2 Å². The summed E-state index contributed by atoms with van der Waals surface area (Å²) in [6.45, 7) is 0. The molecular weight excluding hydrogens is 305 g/mol. The third-order valence-electron chi connectivity index (χ3n) is 3.11. The van der Waals surface area contributed by atoms with Crippen LogP contribution in [0.5, 0.6) is 0 Å². The summed E-state index contributed by atoms with van der Waals surface area (Å²) in [4.78, 5) is 13.5. The van der Waals surface area contributed by atoms with Crippen molar-refractivity contribution >= 4 is 22.9 Å². The van der Waals surface area contributed by atoms with Crippen molar-refractivity contribution in [2.24, 2.45) is 0 Å². The minimum absolute atomic E-state index is 0.132. The molecule has 1 amide bonds. The Labute approximate surface area is 129 Å². The summed E-state index contributed by atoms with van der Waals surface area (Å²) < 4.78 is 13.7. The zero-order chi connectivity index (χ0) is 15.4. The molecule has 0 fully saturated rings. The lowest BCUT2D eigenvalue weighted by atomic mass is 10.0. The highest BCUT2D eigenvalue weighted by atomic mass is 32.1. The first-order valence-electron chi connectivity index (χ1n) is 6.55. The van der Waals surface area contributed by atoms with Crippen molar-refractivity contribution in [3.63, 3.8) is 0 Å². The number of carbonyl (C=O) groups is 1. The van der Waals surface area contributed by atoms with Gasteiger partial charge in [0.15, 0.2) is 5.82 Å². The van der Waals surface area contributed by atoms with Gasteiger partial charge < -0.3 is 5.32 Å². The second-order valence-electron chi connectivity index (χ2n) is 4.58. The number of carbonyl (C=O) groups excluding carboxylic acids is 1. The molecule has 6 nitrogen and oxygen atoms in total. The van der Waals surface area contributed by atoms with Gasteiger partial charge in [0.05, 0.1) is 5.69 Å². The summed E-state index contributed by atoms with van der Waals surface area (Å²) in [6, 6.07) is 9.84. The van der Waals surface area contributed by atoms with E-state index in [2.05, 4.69) is 25.9 Å². The number of thiophene rings is 1. The third-order valence-corrected chi connectivity index (χ3v) is 4.01. The molecular formula is C14H12FN5OS. The van der Waals surface area contributed by atoms with Gasteiger partial charge in [-0.15, -0.1) is 21.5 Å². The van der Waals surface area contributed by atoms with Gasteiger partial charge in [-0.1, -0.05) is 23.4 Å². The van der Waals surface area contributed by atoms with Gasteiger partial charge in [-0.25, -0.2) is 4.39 Å². The van der Waals surface area contributed by atoms with Crippen LogP contribution in [-0.4, -0.2) is 26.5 Å². The van der Waals surface area contributed by atoms with Gasteiger partial charge in [-0.2, -0.15) is 5.21 Å². The van der Waals surface area contributed by atoms with Crippen LogP contribution in [0, 0.1) is 5.82 Å². The predicted octanol–water partition coefficient (Wildman–Crippen LogP) is 2.37. The molecule has 2 heterocycles. The molecule has 0 aliphatic heterocycles. The molecule has 1 atom stereocenters. The summed E-state index contributed by atoms with van der Waals surface area (Å²) in [5.41, 5.74) is 0.132. The Hall–Kier alpha value is -2.61. The van der Waals surface area contributed by atoms with Crippen molar-refractivity contribution in [1.82, 2.24) is 20.6 Å². The highest BCUT2D eigenvalue weighted by Crippen LogP contribution is 2.23. The van der Waals surface area contributed by atoms with Gasteiger partial charge in [0.25, 0.3) is 0 Å². The third kappa shape index (κ3) is 3.17. The number of H-pyrrole nitrogens is 1. The van der Waals surface area contributed by atoms with E-state index >= 15 is 0 Å². The molecule has 0 saturated carbocycles. The molecule has 3 aromatic rings. The Bertz CT molecular complexity index is 744. The van der Waals surface area contributed by atoms with E-state index in [1.165, 1.54) is 23.5 Å². The van der Waals surface area contributed by atoms with Crippen LogP contribution < -0.4 is 5.32 Å². The Morgan fingerprint density at radius 1 is 1.32 bits per heavy atom. The number of rotatable bonds is 5. The van der Waals surface area contributed by atoms with Gasteiger partial charge in [0, 0.05) is 11.3 Å². The molecule has 22 heavy (non-hydrogen) atoms. The quantitative estimate of drug-likeness (QED) is 0.756. The Balaban J connectivity index is 1.82. The number of hydrogen-bond acceptors (Lipinski definition) is 5. The molecule has 1 aromatic carbocycles. The zero-order valence-corrected chi connectivity index (χ0v) is 12.2. The molecule has 2 N–H and O–H groups in total. The number of aromatic amines is 1. The lowest BCUT2D eigenvalue weighted by molar-refractivity contribution is -0.117. The van der Waals surface area contributed by atoms with Crippen molar-refractivity contribution in [3.8, 4) is 0 Å². The molecule has 0 saturated heterocycles. The molecule has 1 unspecified atom stereocenters. The van der Waals surface area contributed by atoms with Gasteiger partial charge in [0.2, 0.25) is 5.91 Å². The number of tetrazole rings is 1. The van der Waals surface area contributed by atoms with E-state index in [0.717, 1.165) is 4.88 Å². The number of aromatic nitrogens is 4. The van der Waals surface area contributed by atoms with E-state index in [1.54, 1.807) is 12.1 Å². The van der Waals surface area contributed by atoms with Crippen molar-refractivity contribution < 1.29 is 9.18 Å². The summed E-state index contributed by atoms with van der Waals surface area (Å²) >= 11 is 1.54. The van der Waals surface area contributed by atoms with Crippen LogP contribution >= 0.6 is 11.3 Å². The van der Waals surface area contributed by atoms with Crippen LogP contribution in [0.2, 0.25) is 0 Å². The van der Waals surface area contributed by atoms with E-state index in [4.69, 9.17) is 0 Å². The number of anilines is 1. The lowest BCUT2D eigenvalue weighted by Gasteiger charge is -2.13. The normalized spacial score (nSPS) is 12.0. The zero-order valence-electron chi connectivity index (χ0n) is 11.4. The second-order valence-corrected chi connectivity index (χ2v) is 5.61. The summed E-state index contributed by atoms with van der Waals surface area (Å²) in [7, 11) is 0. The monoisotopic (exact) mass is 317 g/mol. The number of nitrogens with one attached hydrogen (secondary N) is 2. The van der Waals surface area contributed by atoms with E-state index in [0.29, 0.717) is 6.42 Å². The molecule has 0 aliphatic carbocycles. The maximum atomic E-state index is 13.7. The lowest BCUT2D eigenvalue weighted by Crippen LogP contribution is -2.24. The number of amides is 1. The Morgan fingerprint density at radius 3 is 2.86 bits per heavy atom. The topological polar surface area (TPSA) is 83.6 Å². The van der Waals surface area contributed by atoms with Gasteiger partial charge in [0.1, 0.15) is 11.7 Å². The van der Waals surface area contributed by atoms with Crippen LogP contribution in [0.4, 0.5) is 10.1 Å². The maximum absolute atomic E-state index is 13.7. The van der Waals surface area contributed by atoms with Crippen LogP contribution in [0.15, 0.2) is 41.8 Å². The Morgan fingerprint density at radius 2 is 2.18 bits per heavy atom. The molecule has 3 rings (SSSR count). The SMILES string of the molecule is O=C(Nc1ccccc1F)C(Cc1cccs1)c1nn[nH]n1. The minimum Gasteiger partial charge on any atom is -0.323 e. The molecule has 8 heteroatoms. The highest BCUT2D eigenvalue weighted by molar-refractivity contribution is 7.09. The number of benzene rings is 1. The van der Waals surface area contributed by atoms with Crippen molar-refractivity contribution in [3.05, 3.63) is 58.3 Å². The fraction of sp³-hybridized carbons (Fsp3) is 0.143. The summed E-state index contributed by atoms with van der Waals surface area (Å²) in [5, 5.41) is 18.1. The molecule has 112 valence electrons. The average molecular weight is 317 g/mol. The average Bonchev–Trinajstić information content (AvgIpc) is 3.20. The smallest absolute Gasteiger partial charge is 0.235 e. The van der Waals surface area contributed by atoms with E-state index in [9.17, 15) is 9.18 Å². The van der Waals surface area contributed by atoms with Gasteiger partial charge in [-0.05, 0) is 23.6 Å². The second kappa shape index (κ2) is 6.44. The Kier molecular flexibility index (Phi) is 4.19. The number of para-hydroxylation sites is 1. The first kappa shape index (κ1) is 14.3. The maximum Gasteiger partial charge on any atom is 0.235 e. The molecule has 2 aromatic heterocycles. The van der Waals surface area contributed by atoms with Gasteiger partial charge >= 0.3 is 0 Å². The number of hydrogen-bond donors (Lipinski definition) is 2. The van der Waals surface area contributed by atoms with Crippen LogP contribution in [0.3, 0.4) is 0 Å². The van der Waals surface area contributed by atoms with Crippen molar-refractivity contribution in [2.75, 3.05) is 5.32 Å². The van der Waals surface area contributed by atoms with Crippen molar-refractivity contribution in [1.29, 1.82) is 0 Å². The van der Waals surface area contributed by atoms with Crippen LogP contribution in [0.25, 0.3) is 0 Å². The minimum atomic E-state index is -0.642. The first-order chi connectivity index (χ1) is 10.7.